The molecule has 0 spiro atoms. The van der Waals surface area contributed by atoms with Crippen LogP contribution in [0.2, 0.25) is 0 Å². The third-order valence-electron chi connectivity index (χ3n) is 3.18. The number of nitrogens with zero attached hydrogens (tertiary/aromatic N) is 4. The molecule has 1 aliphatic heterocycles. The van der Waals surface area contributed by atoms with Gasteiger partial charge in [-0.05, 0) is 25.4 Å². The van der Waals surface area contributed by atoms with Gasteiger partial charge in [-0.2, -0.15) is 4.37 Å². The van der Waals surface area contributed by atoms with Gasteiger partial charge in [0.25, 0.3) is 0 Å². The number of aromatic nitrogens is 2. The van der Waals surface area contributed by atoms with Gasteiger partial charge >= 0.3 is 0 Å². The van der Waals surface area contributed by atoms with Crippen molar-refractivity contribution < 1.29 is 0 Å². The van der Waals surface area contributed by atoms with Crippen LogP contribution in [0.25, 0.3) is 0 Å². The van der Waals surface area contributed by atoms with Crippen LogP contribution >= 0.6 is 11.5 Å². The first-order valence-corrected chi connectivity index (χ1v) is 7.01. The van der Waals surface area contributed by atoms with Crippen LogP contribution < -0.4 is 10.6 Å². The fourth-order valence-corrected chi connectivity index (χ4v) is 2.75. The molecule has 0 saturated carbocycles. The van der Waals surface area contributed by atoms with Gasteiger partial charge in [-0.3, -0.25) is 0 Å². The molecule has 1 saturated heterocycles. The Morgan fingerprint density at radius 1 is 1.41 bits per heavy atom. The molecule has 0 bridgehead atoms. The summed E-state index contributed by atoms with van der Waals surface area (Å²) >= 11 is 1.48. The van der Waals surface area contributed by atoms with Gasteiger partial charge in [-0.1, -0.05) is 6.92 Å². The first-order valence-electron chi connectivity index (χ1n) is 6.23. The summed E-state index contributed by atoms with van der Waals surface area (Å²) in [5, 5.41) is 1.05. The Balaban J connectivity index is 1.85. The minimum atomic E-state index is 0.586. The zero-order chi connectivity index (χ0) is 12.1. The lowest BCUT2D eigenvalue weighted by molar-refractivity contribution is 0.255. The summed E-state index contributed by atoms with van der Waals surface area (Å²) in [6, 6.07) is 0. The lowest BCUT2D eigenvalue weighted by atomic mass is 10.1. The van der Waals surface area contributed by atoms with Crippen LogP contribution in [0.4, 0.5) is 5.13 Å². The molecule has 6 heteroatoms. The van der Waals surface area contributed by atoms with E-state index >= 15 is 0 Å². The van der Waals surface area contributed by atoms with Gasteiger partial charge in [0, 0.05) is 37.7 Å². The number of hydrogen-bond acceptors (Lipinski definition) is 6. The van der Waals surface area contributed by atoms with Crippen LogP contribution in [0.1, 0.15) is 13.3 Å². The molecule has 2 rings (SSSR count). The van der Waals surface area contributed by atoms with Crippen LogP contribution in [0.15, 0.2) is 6.33 Å². The Kier molecular flexibility index (Phi) is 4.70. The maximum atomic E-state index is 5.68. The van der Waals surface area contributed by atoms with Crippen LogP contribution in [-0.4, -0.2) is 53.5 Å². The first kappa shape index (κ1) is 12.7. The normalized spacial score (nSPS) is 20.2. The highest BCUT2D eigenvalue weighted by molar-refractivity contribution is 7.09. The van der Waals surface area contributed by atoms with Crippen LogP contribution in [0.3, 0.4) is 0 Å². The Hall–Kier alpha value is -0.720. The average molecular weight is 255 g/mol. The molecule has 0 aliphatic carbocycles. The van der Waals surface area contributed by atoms with Crippen molar-refractivity contribution >= 4 is 16.7 Å². The third-order valence-corrected chi connectivity index (χ3v) is 3.91. The Morgan fingerprint density at radius 2 is 2.29 bits per heavy atom. The second-order valence-electron chi connectivity index (χ2n) is 4.71. The van der Waals surface area contributed by atoms with Crippen molar-refractivity contribution in [2.45, 2.75) is 13.3 Å². The molecule has 2 N–H and O–H groups in total. The summed E-state index contributed by atoms with van der Waals surface area (Å²) in [6.45, 7) is 8.50. The Morgan fingerprint density at radius 3 is 3.00 bits per heavy atom. The largest absolute Gasteiger partial charge is 0.346 e. The highest BCUT2D eigenvalue weighted by Gasteiger charge is 2.17. The summed E-state index contributed by atoms with van der Waals surface area (Å²) in [5.41, 5.74) is 5.68. The van der Waals surface area contributed by atoms with Crippen molar-refractivity contribution in [3.8, 4) is 0 Å². The quantitative estimate of drug-likeness (QED) is 0.856. The molecule has 1 fully saturated rings. The highest BCUT2D eigenvalue weighted by atomic mass is 32.1. The number of nitrogens with two attached hydrogens (primary N) is 1. The molecule has 1 aromatic rings. The standard InChI is InChI=1S/C11H21N5S/c1-10(7-12)8-15-3-2-4-16(6-5-15)11-13-9-14-17-11/h9-10H,2-8,12H2,1H3. The molecule has 2 heterocycles. The molecule has 1 unspecified atom stereocenters. The van der Waals surface area contributed by atoms with E-state index in [2.05, 4.69) is 26.1 Å². The lowest BCUT2D eigenvalue weighted by Crippen LogP contribution is -2.35. The van der Waals surface area contributed by atoms with Crippen molar-refractivity contribution in [2.24, 2.45) is 11.7 Å². The summed E-state index contributed by atoms with van der Waals surface area (Å²) in [7, 11) is 0. The molecule has 0 aromatic carbocycles. The smallest absolute Gasteiger partial charge is 0.204 e. The lowest BCUT2D eigenvalue weighted by Gasteiger charge is -2.23. The van der Waals surface area contributed by atoms with Gasteiger partial charge < -0.3 is 15.5 Å². The van der Waals surface area contributed by atoms with E-state index < -0.39 is 0 Å². The fraction of sp³-hybridized carbons (Fsp3) is 0.818. The highest BCUT2D eigenvalue weighted by Crippen LogP contribution is 2.17. The van der Waals surface area contributed by atoms with E-state index in [1.165, 1.54) is 24.5 Å². The second-order valence-corrected chi connectivity index (χ2v) is 5.46. The van der Waals surface area contributed by atoms with Gasteiger partial charge in [0.05, 0.1) is 0 Å². The summed E-state index contributed by atoms with van der Waals surface area (Å²) in [5.74, 6) is 0.586. The fourth-order valence-electron chi connectivity index (χ4n) is 2.17. The van der Waals surface area contributed by atoms with E-state index in [-0.39, 0.29) is 0 Å². The van der Waals surface area contributed by atoms with E-state index in [1.54, 1.807) is 6.33 Å². The molecule has 1 aromatic heterocycles. The second kappa shape index (κ2) is 6.28. The van der Waals surface area contributed by atoms with Crippen LogP contribution in [-0.2, 0) is 0 Å². The average Bonchev–Trinajstić information content (AvgIpc) is 2.77. The van der Waals surface area contributed by atoms with Gasteiger partial charge in [0.2, 0.25) is 5.13 Å². The van der Waals surface area contributed by atoms with Gasteiger partial charge in [-0.25, -0.2) is 4.98 Å². The molecule has 0 amide bonds. The topological polar surface area (TPSA) is 58.3 Å². The predicted octanol–water partition coefficient (Wildman–Crippen LogP) is 0.645. The van der Waals surface area contributed by atoms with E-state index in [0.29, 0.717) is 5.92 Å². The zero-order valence-corrected chi connectivity index (χ0v) is 11.2. The molecule has 5 nitrogen and oxygen atoms in total. The van der Waals surface area contributed by atoms with Crippen molar-refractivity contribution in [2.75, 3.05) is 44.2 Å². The maximum Gasteiger partial charge on any atom is 0.204 e. The van der Waals surface area contributed by atoms with E-state index in [4.69, 9.17) is 5.73 Å². The minimum Gasteiger partial charge on any atom is -0.346 e. The van der Waals surface area contributed by atoms with Gasteiger partial charge in [0.15, 0.2) is 0 Å². The molecular formula is C11H21N5S. The molecule has 1 aliphatic rings. The summed E-state index contributed by atoms with van der Waals surface area (Å²) < 4.78 is 4.07. The van der Waals surface area contributed by atoms with Crippen molar-refractivity contribution in [3.63, 3.8) is 0 Å². The van der Waals surface area contributed by atoms with Gasteiger partial charge in [-0.15, -0.1) is 0 Å². The molecule has 96 valence electrons. The zero-order valence-electron chi connectivity index (χ0n) is 10.4. The van der Waals surface area contributed by atoms with E-state index in [9.17, 15) is 0 Å². The number of rotatable bonds is 4. The Labute approximate surface area is 107 Å². The predicted molar refractivity (Wildman–Crippen MR) is 71.4 cm³/mol. The van der Waals surface area contributed by atoms with Crippen molar-refractivity contribution in [1.29, 1.82) is 0 Å². The third kappa shape index (κ3) is 3.62. The van der Waals surface area contributed by atoms with E-state index in [1.807, 2.05) is 0 Å². The maximum absolute atomic E-state index is 5.68. The monoisotopic (exact) mass is 255 g/mol. The summed E-state index contributed by atoms with van der Waals surface area (Å²) in [6.07, 6.45) is 2.83. The summed E-state index contributed by atoms with van der Waals surface area (Å²) in [4.78, 5) is 9.13. The molecular weight excluding hydrogens is 234 g/mol. The van der Waals surface area contributed by atoms with Gasteiger partial charge in [0.1, 0.15) is 6.33 Å². The molecule has 0 radical (unpaired) electrons. The Bertz CT molecular complexity index is 316. The SMILES string of the molecule is CC(CN)CN1CCCN(c2ncns2)CC1. The van der Waals surface area contributed by atoms with Crippen LogP contribution in [0, 0.1) is 5.92 Å². The van der Waals surface area contributed by atoms with Crippen molar-refractivity contribution in [3.05, 3.63) is 6.33 Å². The first-order chi connectivity index (χ1) is 8.29. The molecule has 17 heavy (non-hydrogen) atoms. The van der Waals surface area contributed by atoms with Crippen molar-refractivity contribution in [1.82, 2.24) is 14.3 Å². The van der Waals surface area contributed by atoms with Crippen LogP contribution in [0.5, 0.6) is 0 Å². The minimum absolute atomic E-state index is 0.586. The number of anilines is 1. The van der Waals surface area contributed by atoms with E-state index in [0.717, 1.165) is 37.9 Å². The molecule has 1 atom stereocenters. The number of hydrogen-bond donors (Lipinski definition) is 1.